The Bertz CT molecular complexity index is 1670. The smallest absolute Gasteiger partial charge is 0.255 e. The maximum Gasteiger partial charge on any atom is 0.255 e. The molecule has 228 valence electrons. The second-order valence-electron chi connectivity index (χ2n) is 11.5. The van der Waals surface area contributed by atoms with E-state index in [9.17, 15) is 9.59 Å². The van der Waals surface area contributed by atoms with E-state index in [0.29, 0.717) is 28.3 Å². The standard InChI is InChI=1S/C34H38N6O3S/c1-21(37-24-13-11-23(12-14-24)32(41)38-26-10-3-2-9-25(26)35)29-30-27(39-33(29)42)15-16-28-31(30)44-34(40-28)36-18-5-4-7-22-8-6-19-43-20-17-22/h2-3,9-16,22,29H,4-8,17-20,35H2,1H3,(H,36,40)(H,38,41)(H,39,42). The van der Waals surface area contributed by atoms with Crippen LogP contribution in [0.4, 0.5) is 27.9 Å². The Balaban J connectivity index is 1.11. The number of benzene rings is 3. The van der Waals surface area contributed by atoms with Crippen LogP contribution in [-0.2, 0) is 9.53 Å². The molecule has 10 heteroatoms. The predicted octanol–water partition coefficient (Wildman–Crippen LogP) is 7.36. The van der Waals surface area contributed by atoms with Crippen molar-refractivity contribution in [3.8, 4) is 0 Å². The number of carbonyl (C=O) groups excluding carboxylic acids is 2. The van der Waals surface area contributed by atoms with Crippen LogP contribution in [0, 0.1) is 5.92 Å². The van der Waals surface area contributed by atoms with Gasteiger partial charge in [-0.3, -0.25) is 14.6 Å². The van der Waals surface area contributed by atoms with Gasteiger partial charge < -0.3 is 26.4 Å². The summed E-state index contributed by atoms with van der Waals surface area (Å²) in [5.74, 6) is -0.0936. The van der Waals surface area contributed by atoms with Gasteiger partial charge in [0, 0.05) is 42.3 Å². The number of ether oxygens (including phenoxy) is 1. The topological polar surface area (TPSA) is 131 Å². The average Bonchev–Trinajstić information content (AvgIpc) is 3.48. The molecule has 6 rings (SSSR count). The van der Waals surface area contributed by atoms with Crippen LogP contribution >= 0.6 is 11.3 Å². The molecule has 1 fully saturated rings. The van der Waals surface area contributed by atoms with Gasteiger partial charge in [0.2, 0.25) is 5.91 Å². The molecular formula is C34H38N6O3S. The van der Waals surface area contributed by atoms with Crippen LogP contribution in [0.2, 0.25) is 0 Å². The number of aliphatic imine (C=N–C) groups is 1. The Morgan fingerprint density at radius 3 is 2.77 bits per heavy atom. The Kier molecular flexibility index (Phi) is 9.18. The molecule has 1 aromatic heterocycles. The van der Waals surface area contributed by atoms with Crippen molar-refractivity contribution in [2.75, 3.05) is 41.4 Å². The summed E-state index contributed by atoms with van der Waals surface area (Å²) in [6, 6.07) is 18.0. The third kappa shape index (κ3) is 6.76. The number of nitrogen functional groups attached to an aromatic ring is 1. The summed E-state index contributed by atoms with van der Waals surface area (Å²) in [4.78, 5) is 35.5. The van der Waals surface area contributed by atoms with Crippen molar-refractivity contribution in [3.05, 3.63) is 71.8 Å². The number of nitrogens with two attached hydrogens (primary N) is 1. The fraction of sp³-hybridized carbons (Fsp3) is 0.353. The second kappa shape index (κ2) is 13.6. The van der Waals surface area contributed by atoms with Gasteiger partial charge in [-0.15, -0.1) is 0 Å². The van der Waals surface area contributed by atoms with Crippen LogP contribution in [0.3, 0.4) is 0 Å². The van der Waals surface area contributed by atoms with E-state index in [-0.39, 0.29) is 11.8 Å². The van der Waals surface area contributed by atoms with Crippen LogP contribution in [0.25, 0.3) is 10.2 Å². The van der Waals surface area contributed by atoms with Crippen molar-refractivity contribution in [2.24, 2.45) is 10.9 Å². The van der Waals surface area contributed by atoms with Gasteiger partial charge >= 0.3 is 0 Å². The average molecular weight is 611 g/mol. The van der Waals surface area contributed by atoms with E-state index >= 15 is 0 Å². The molecule has 0 bridgehead atoms. The molecule has 0 spiro atoms. The van der Waals surface area contributed by atoms with Crippen molar-refractivity contribution < 1.29 is 14.3 Å². The maximum atomic E-state index is 13.2. The normalized spacial score (nSPS) is 18.5. The minimum absolute atomic E-state index is 0.1000. The first-order chi connectivity index (χ1) is 21.5. The molecule has 2 aliphatic rings. The van der Waals surface area contributed by atoms with Gasteiger partial charge in [0.25, 0.3) is 5.91 Å². The SMILES string of the molecule is CC(=Nc1ccc(C(=O)Nc2ccccc2N)cc1)C1C(=O)Nc2ccc3nc(NCCCCC4CCCOCC4)sc3c21. The molecule has 5 N–H and O–H groups in total. The Labute approximate surface area is 261 Å². The van der Waals surface area contributed by atoms with E-state index in [1.165, 1.54) is 32.1 Å². The molecule has 2 amide bonds. The third-order valence-corrected chi connectivity index (χ3v) is 9.42. The highest BCUT2D eigenvalue weighted by Crippen LogP contribution is 2.43. The second-order valence-corrected chi connectivity index (χ2v) is 12.5. The highest BCUT2D eigenvalue weighted by molar-refractivity contribution is 7.22. The van der Waals surface area contributed by atoms with E-state index in [1.807, 2.05) is 31.2 Å². The van der Waals surface area contributed by atoms with Crippen LogP contribution in [0.15, 0.2) is 65.7 Å². The summed E-state index contributed by atoms with van der Waals surface area (Å²) >= 11 is 1.59. The van der Waals surface area contributed by atoms with Crippen molar-refractivity contribution in [3.63, 3.8) is 0 Å². The first-order valence-corrected chi connectivity index (χ1v) is 16.1. The van der Waals surface area contributed by atoms with E-state index in [0.717, 1.165) is 58.7 Å². The fourth-order valence-electron chi connectivity index (χ4n) is 5.99. The molecule has 0 saturated carbocycles. The number of thiazole rings is 1. The quantitative estimate of drug-likeness (QED) is 0.0843. The summed E-state index contributed by atoms with van der Waals surface area (Å²) < 4.78 is 6.59. The number of hydrogen-bond acceptors (Lipinski definition) is 8. The lowest BCUT2D eigenvalue weighted by Crippen LogP contribution is -2.18. The molecule has 44 heavy (non-hydrogen) atoms. The van der Waals surface area contributed by atoms with Crippen LogP contribution < -0.4 is 21.7 Å². The number of fused-ring (bicyclic) bond motifs is 3. The molecule has 1 saturated heterocycles. The summed E-state index contributed by atoms with van der Waals surface area (Å²) in [5.41, 5.74) is 11.4. The van der Waals surface area contributed by atoms with Gasteiger partial charge in [0.05, 0.1) is 27.3 Å². The van der Waals surface area contributed by atoms with E-state index in [2.05, 4.69) is 16.0 Å². The predicted molar refractivity (Wildman–Crippen MR) is 180 cm³/mol. The van der Waals surface area contributed by atoms with Crippen molar-refractivity contribution in [2.45, 2.75) is 51.4 Å². The number of carbonyl (C=O) groups is 2. The summed E-state index contributed by atoms with van der Waals surface area (Å²) in [5, 5.41) is 10.2. The van der Waals surface area contributed by atoms with Crippen LogP contribution in [0.1, 0.15) is 67.3 Å². The lowest BCUT2D eigenvalue weighted by Gasteiger charge is -2.12. The number of anilines is 4. The molecule has 9 nitrogen and oxygen atoms in total. The summed E-state index contributed by atoms with van der Waals surface area (Å²) in [6.45, 7) is 4.56. The number of para-hydroxylation sites is 2. The molecule has 0 aliphatic carbocycles. The molecule has 2 atom stereocenters. The summed E-state index contributed by atoms with van der Waals surface area (Å²) in [7, 11) is 0. The van der Waals surface area contributed by atoms with Gasteiger partial charge in [-0.1, -0.05) is 36.3 Å². The maximum absolute atomic E-state index is 13.2. The lowest BCUT2D eigenvalue weighted by molar-refractivity contribution is -0.115. The number of aromatic nitrogens is 1. The molecule has 2 aliphatic heterocycles. The first-order valence-electron chi connectivity index (χ1n) is 15.3. The number of hydrogen-bond donors (Lipinski definition) is 4. The number of unbranched alkanes of at least 4 members (excludes halogenated alkanes) is 1. The van der Waals surface area contributed by atoms with E-state index in [1.54, 1.807) is 47.7 Å². The van der Waals surface area contributed by atoms with Crippen molar-refractivity contribution >= 4 is 67.0 Å². The summed E-state index contributed by atoms with van der Waals surface area (Å²) in [6.07, 6.45) is 7.19. The van der Waals surface area contributed by atoms with Gasteiger partial charge in [-0.2, -0.15) is 0 Å². The monoisotopic (exact) mass is 610 g/mol. The largest absolute Gasteiger partial charge is 0.397 e. The van der Waals surface area contributed by atoms with Crippen molar-refractivity contribution in [1.29, 1.82) is 0 Å². The molecule has 2 unspecified atom stereocenters. The van der Waals surface area contributed by atoms with Gasteiger partial charge in [-0.05, 0) is 87.1 Å². The van der Waals surface area contributed by atoms with E-state index < -0.39 is 5.92 Å². The molecule has 3 aromatic carbocycles. The van der Waals surface area contributed by atoms with Gasteiger partial charge in [-0.25, -0.2) is 4.98 Å². The third-order valence-electron chi connectivity index (χ3n) is 8.35. The zero-order chi connectivity index (χ0) is 30.5. The lowest BCUT2D eigenvalue weighted by atomic mass is 9.94. The minimum atomic E-state index is -0.519. The number of rotatable bonds is 10. The number of nitrogens with one attached hydrogen (secondary N) is 3. The number of amides is 2. The van der Waals surface area contributed by atoms with Gasteiger partial charge in [0.1, 0.15) is 5.92 Å². The molecule has 4 aromatic rings. The van der Waals surface area contributed by atoms with Crippen LogP contribution in [-0.4, -0.2) is 42.3 Å². The molecule has 0 radical (unpaired) electrons. The minimum Gasteiger partial charge on any atom is -0.397 e. The zero-order valence-electron chi connectivity index (χ0n) is 24.9. The molecule has 3 heterocycles. The zero-order valence-corrected chi connectivity index (χ0v) is 25.7. The highest BCUT2D eigenvalue weighted by Gasteiger charge is 2.35. The van der Waals surface area contributed by atoms with Crippen LogP contribution in [0.5, 0.6) is 0 Å². The Hall–Kier alpha value is -4.28. The fourth-order valence-corrected chi connectivity index (χ4v) is 7.06. The van der Waals surface area contributed by atoms with Gasteiger partial charge in [0.15, 0.2) is 5.13 Å². The number of nitrogens with zero attached hydrogens (tertiary/aromatic N) is 2. The Morgan fingerprint density at radius 2 is 1.93 bits per heavy atom. The van der Waals surface area contributed by atoms with E-state index in [4.69, 9.17) is 20.4 Å². The van der Waals surface area contributed by atoms with Crippen molar-refractivity contribution in [1.82, 2.24) is 4.98 Å². The molecular weight excluding hydrogens is 572 g/mol. The highest BCUT2D eigenvalue weighted by atomic mass is 32.1. The first kappa shape index (κ1) is 29.8. The Morgan fingerprint density at radius 1 is 1.09 bits per heavy atom.